The zero-order chi connectivity index (χ0) is 36.2. The third kappa shape index (κ3) is 9.17. The molecule has 1 saturated heterocycles. The van der Waals surface area contributed by atoms with Crippen LogP contribution in [0.15, 0.2) is 48.8 Å². The number of amides is 2. The molecular formula is C35H38Cl2F2N5O7+. The Bertz CT molecular complexity index is 1770. The summed E-state index contributed by atoms with van der Waals surface area (Å²) in [6.45, 7) is 1.92. The molecule has 1 atom stereocenters. The van der Waals surface area contributed by atoms with E-state index in [9.17, 15) is 28.4 Å². The van der Waals surface area contributed by atoms with E-state index in [0.29, 0.717) is 34.0 Å². The highest BCUT2D eigenvalue weighted by Gasteiger charge is 2.38. The van der Waals surface area contributed by atoms with Crippen LogP contribution in [0.4, 0.5) is 14.5 Å². The van der Waals surface area contributed by atoms with Crippen molar-refractivity contribution in [1.29, 1.82) is 0 Å². The number of ether oxygens (including phenoxy) is 3. The number of anilines is 1. The fourth-order valence-electron chi connectivity index (χ4n) is 5.97. The van der Waals surface area contributed by atoms with Crippen LogP contribution < -0.4 is 19.5 Å². The first-order chi connectivity index (χ1) is 24.4. The van der Waals surface area contributed by atoms with E-state index in [1.54, 1.807) is 18.2 Å². The van der Waals surface area contributed by atoms with Gasteiger partial charge in [0.25, 0.3) is 11.8 Å². The number of pyridine rings is 1. The van der Waals surface area contributed by atoms with Gasteiger partial charge in [-0.2, -0.15) is 8.78 Å². The maximum atomic E-state index is 13.5. The highest BCUT2D eigenvalue weighted by Crippen LogP contribution is 2.38. The molecule has 2 N–H and O–H groups in total. The summed E-state index contributed by atoms with van der Waals surface area (Å²) in [5.41, 5.74) is 1.64. The molecule has 1 aromatic heterocycles. The lowest BCUT2D eigenvalue weighted by Crippen LogP contribution is -2.45. The van der Waals surface area contributed by atoms with Gasteiger partial charge in [0.15, 0.2) is 11.5 Å². The van der Waals surface area contributed by atoms with Crippen LogP contribution in [0.3, 0.4) is 0 Å². The van der Waals surface area contributed by atoms with Crippen LogP contribution in [0.1, 0.15) is 50.8 Å². The van der Waals surface area contributed by atoms with Crippen molar-refractivity contribution in [3.05, 3.63) is 81.1 Å². The van der Waals surface area contributed by atoms with E-state index in [2.05, 4.69) is 26.9 Å². The van der Waals surface area contributed by atoms with Gasteiger partial charge in [-0.15, -0.1) is 0 Å². The number of likely N-dealkylation sites (N-methyl/N-ethyl adjacent to an activating group) is 1. The highest BCUT2D eigenvalue weighted by molar-refractivity contribution is 6.35. The van der Waals surface area contributed by atoms with Crippen molar-refractivity contribution in [1.82, 2.24) is 14.7 Å². The molecule has 2 amide bonds. The fraction of sp³-hybridized carbons (Fsp3) is 0.429. The van der Waals surface area contributed by atoms with Gasteiger partial charge in [0.05, 0.1) is 17.7 Å². The number of nitrogens with zero attached hydrogens (tertiary/aromatic N) is 4. The van der Waals surface area contributed by atoms with Crippen molar-refractivity contribution in [2.75, 3.05) is 64.8 Å². The average molecular weight is 750 g/mol. The molecule has 51 heavy (non-hydrogen) atoms. The molecule has 0 radical (unpaired) electrons. The van der Waals surface area contributed by atoms with Gasteiger partial charge >= 0.3 is 12.6 Å². The Labute approximate surface area is 303 Å². The van der Waals surface area contributed by atoms with Gasteiger partial charge in [-0.25, -0.2) is 0 Å². The van der Waals surface area contributed by atoms with E-state index in [1.165, 1.54) is 30.6 Å². The lowest BCUT2D eigenvalue weighted by Gasteiger charge is -2.32. The topological polar surface area (TPSA) is 125 Å². The summed E-state index contributed by atoms with van der Waals surface area (Å²) in [6, 6.07) is 9.01. The van der Waals surface area contributed by atoms with E-state index >= 15 is 0 Å². The number of benzene rings is 2. The van der Waals surface area contributed by atoms with Crippen molar-refractivity contribution in [2.24, 2.45) is 5.92 Å². The maximum Gasteiger partial charge on any atom is 0.387 e. The van der Waals surface area contributed by atoms with Gasteiger partial charge < -0.3 is 24.4 Å². The molecule has 3 aliphatic rings. The second-order valence-corrected chi connectivity index (χ2v) is 13.7. The number of fused-ring (bicyclic) bond motifs is 1. The third-order valence-corrected chi connectivity index (χ3v) is 9.72. The minimum Gasteiger partial charge on any atom is -0.489 e. The van der Waals surface area contributed by atoms with Crippen LogP contribution in [0.2, 0.25) is 10.0 Å². The van der Waals surface area contributed by atoms with E-state index in [-0.39, 0.29) is 45.7 Å². The number of aromatic nitrogens is 1. The van der Waals surface area contributed by atoms with Crippen LogP contribution in [0.25, 0.3) is 0 Å². The van der Waals surface area contributed by atoms with Gasteiger partial charge in [-0.3, -0.25) is 29.4 Å². The minimum atomic E-state index is -3.10. The number of halogens is 4. The van der Waals surface area contributed by atoms with Crippen LogP contribution in [-0.2, 0) is 16.0 Å². The highest BCUT2D eigenvalue weighted by atomic mass is 35.5. The fourth-order valence-corrected chi connectivity index (χ4v) is 6.58. The predicted molar refractivity (Wildman–Crippen MR) is 182 cm³/mol. The second-order valence-electron chi connectivity index (χ2n) is 12.9. The summed E-state index contributed by atoms with van der Waals surface area (Å²) in [5, 5.41) is 13.3. The Morgan fingerprint density at radius 1 is 1.00 bits per heavy atom. The number of carbonyl (C=O) groups excluding carboxylic acids is 3. The Hall–Kier alpha value is -4.24. The number of rotatable bonds is 15. The van der Waals surface area contributed by atoms with E-state index < -0.39 is 37.0 Å². The first-order valence-corrected chi connectivity index (χ1v) is 17.3. The second kappa shape index (κ2) is 16.0. The summed E-state index contributed by atoms with van der Waals surface area (Å²) in [6.07, 6.45) is 3.03. The molecule has 16 heteroatoms. The summed E-state index contributed by atoms with van der Waals surface area (Å²) in [7, 11) is 2.10. The van der Waals surface area contributed by atoms with Crippen LogP contribution in [0.5, 0.6) is 11.5 Å². The molecule has 3 heterocycles. The number of piperazine rings is 1. The zero-order valence-corrected chi connectivity index (χ0v) is 29.3. The summed E-state index contributed by atoms with van der Waals surface area (Å²) >= 11 is 12.8. The summed E-state index contributed by atoms with van der Waals surface area (Å²) < 4.78 is 43.4. The number of alkyl halides is 2. The number of hydrogen-bond donors (Lipinski definition) is 2. The van der Waals surface area contributed by atoms with Gasteiger partial charge in [0.1, 0.15) is 22.7 Å². The van der Waals surface area contributed by atoms with Gasteiger partial charge in [-0.1, -0.05) is 29.3 Å². The third-order valence-electron chi connectivity index (χ3n) is 9.07. The molecule has 1 saturated carbocycles. The molecule has 3 aromatic rings. The van der Waals surface area contributed by atoms with E-state index in [4.69, 9.17) is 32.7 Å². The summed E-state index contributed by atoms with van der Waals surface area (Å²) in [4.78, 5) is 45.6. The molecule has 272 valence electrons. The van der Waals surface area contributed by atoms with Crippen molar-refractivity contribution < 1.29 is 47.3 Å². The SMILES string of the molecule is CN1CCN(CCNc2ccc3c(c2)C(=O)N(CC(=O)O[C@@H](Cc2c(Cl)c[n+](O)cc2Cl)c2ccc(OC(F)F)c(OCC4CC4)c2)C3=O)CC1. The lowest BCUT2D eigenvalue weighted by molar-refractivity contribution is -0.904. The van der Waals surface area contributed by atoms with Crippen molar-refractivity contribution in [3.63, 3.8) is 0 Å². The van der Waals surface area contributed by atoms with Crippen LogP contribution in [-0.4, -0.2) is 104 Å². The van der Waals surface area contributed by atoms with Crippen molar-refractivity contribution in [2.45, 2.75) is 32.0 Å². The van der Waals surface area contributed by atoms with Gasteiger partial charge in [-0.05, 0) is 61.7 Å². The largest absolute Gasteiger partial charge is 0.489 e. The number of hydrogen-bond acceptors (Lipinski definition) is 10. The molecule has 0 spiro atoms. The summed E-state index contributed by atoms with van der Waals surface area (Å²) in [5.74, 6) is -2.09. The first-order valence-electron chi connectivity index (χ1n) is 16.6. The van der Waals surface area contributed by atoms with Gasteiger partial charge in [0, 0.05) is 61.7 Å². The monoisotopic (exact) mass is 748 g/mol. The van der Waals surface area contributed by atoms with Gasteiger partial charge in [0.2, 0.25) is 12.4 Å². The Kier molecular flexibility index (Phi) is 11.4. The number of nitrogens with one attached hydrogen (secondary N) is 1. The number of carbonyl (C=O) groups is 3. The molecule has 0 bridgehead atoms. The molecule has 6 rings (SSSR count). The molecule has 2 fully saturated rings. The maximum absolute atomic E-state index is 13.5. The van der Waals surface area contributed by atoms with Crippen LogP contribution >= 0.6 is 23.2 Å². The van der Waals surface area contributed by atoms with E-state index in [1.807, 2.05) is 0 Å². The molecule has 1 aliphatic carbocycles. The molecule has 2 aromatic carbocycles. The smallest absolute Gasteiger partial charge is 0.387 e. The number of imide groups is 1. The van der Waals surface area contributed by atoms with E-state index in [0.717, 1.165) is 50.5 Å². The molecule has 12 nitrogen and oxygen atoms in total. The Balaban J connectivity index is 1.17. The predicted octanol–water partition coefficient (Wildman–Crippen LogP) is 4.69. The molecular weight excluding hydrogens is 711 g/mol. The van der Waals surface area contributed by atoms with Crippen LogP contribution in [0, 0.1) is 5.92 Å². The van der Waals surface area contributed by atoms with Crippen molar-refractivity contribution in [3.8, 4) is 11.5 Å². The van der Waals surface area contributed by atoms with Crippen molar-refractivity contribution >= 4 is 46.7 Å². The average Bonchev–Trinajstić information content (AvgIpc) is 3.89. The Morgan fingerprint density at radius 2 is 1.71 bits per heavy atom. The molecule has 2 aliphatic heterocycles. The zero-order valence-electron chi connectivity index (χ0n) is 27.8. The standard InChI is InChI=1S/C35H37Cl2F2N5O7/c1-41-10-12-42(13-11-41)9-8-40-23-5-6-24-25(15-23)34(47)44(33(24)46)19-32(45)50-30(16-26-27(36)17-43(48)18-28(26)37)22-4-7-29(51-35(38)39)31(14-22)49-20-21-2-3-21/h4-7,14-15,17-18,21,30,35H,2-3,8-13,16,19-20H2,1H3,(H-,40,46,48)/p+1/t30-/m0/s1. The normalized spacial score (nSPS) is 17.1. The molecule has 0 unspecified atom stereocenters. The Morgan fingerprint density at radius 3 is 2.39 bits per heavy atom. The minimum absolute atomic E-state index is 0.0208. The quantitative estimate of drug-likeness (QED) is 0.0980. The lowest BCUT2D eigenvalue weighted by atomic mass is 10.0. The number of esters is 1. The first kappa shape index (κ1) is 36.5.